The van der Waals surface area contributed by atoms with E-state index in [4.69, 9.17) is 0 Å². The van der Waals surface area contributed by atoms with Gasteiger partial charge in [0.25, 0.3) is 0 Å². The van der Waals surface area contributed by atoms with Crippen molar-refractivity contribution in [2.24, 2.45) is 0 Å². The van der Waals surface area contributed by atoms with Gasteiger partial charge in [0.2, 0.25) is 0 Å². The molecule has 0 radical (unpaired) electrons. The summed E-state index contributed by atoms with van der Waals surface area (Å²) in [4.78, 5) is 8.92. The first kappa shape index (κ1) is 14.0. The standard InChI is InChI=1S/C17H16BrN3/c1-2-12-5-4-9-19-16(12)11-21-17-14-6-3-7-15(18)13(14)8-10-20-17/h3-10H,2,11H2,1H3,(H,20,21). The van der Waals surface area contributed by atoms with Crippen molar-refractivity contribution in [3.63, 3.8) is 0 Å². The molecule has 0 saturated carbocycles. The van der Waals surface area contributed by atoms with Crippen molar-refractivity contribution in [1.29, 1.82) is 0 Å². The fourth-order valence-corrected chi connectivity index (χ4v) is 2.93. The van der Waals surface area contributed by atoms with Gasteiger partial charge in [0.05, 0.1) is 12.2 Å². The number of rotatable bonds is 4. The lowest BCUT2D eigenvalue weighted by molar-refractivity contribution is 0.967. The molecule has 0 fully saturated rings. The first-order valence-electron chi connectivity index (χ1n) is 6.99. The molecule has 0 atom stereocenters. The van der Waals surface area contributed by atoms with Crippen LogP contribution in [-0.4, -0.2) is 9.97 Å². The molecule has 0 bridgehead atoms. The second kappa shape index (κ2) is 6.22. The number of anilines is 1. The van der Waals surface area contributed by atoms with E-state index < -0.39 is 0 Å². The third-order valence-electron chi connectivity index (χ3n) is 3.54. The van der Waals surface area contributed by atoms with Crippen LogP contribution in [-0.2, 0) is 13.0 Å². The quantitative estimate of drug-likeness (QED) is 0.755. The predicted molar refractivity (Wildman–Crippen MR) is 90.4 cm³/mol. The zero-order valence-electron chi connectivity index (χ0n) is 11.8. The minimum absolute atomic E-state index is 0.683. The second-order valence-electron chi connectivity index (χ2n) is 4.81. The topological polar surface area (TPSA) is 37.8 Å². The Hall–Kier alpha value is -1.94. The van der Waals surface area contributed by atoms with Crippen LogP contribution in [0.5, 0.6) is 0 Å². The van der Waals surface area contributed by atoms with E-state index >= 15 is 0 Å². The Bertz CT molecular complexity index is 771. The molecular formula is C17H16BrN3. The van der Waals surface area contributed by atoms with Crippen LogP contribution in [0, 0.1) is 0 Å². The van der Waals surface area contributed by atoms with Crippen molar-refractivity contribution in [1.82, 2.24) is 9.97 Å². The van der Waals surface area contributed by atoms with Crippen molar-refractivity contribution in [3.05, 3.63) is 64.5 Å². The van der Waals surface area contributed by atoms with E-state index in [-0.39, 0.29) is 0 Å². The third-order valence-corrected chi connectivity index (χ3v) is 4.23. The molecule has 0 aliphatic carbocycles. The van der Waals surface area contributed by atoms with Gasteiger partial charge in [-0.25, -0.2) is 4.98 Å². The lowest BCUT2D eigenvalue weighted by atomic mass is 10.1. The van der Waals surface area contributed by atoms with Gasteiger partial charge in [-0.3, -0.25) is 4.98 Å². The van der Waals surface area contributed by atoms with Crippen molar-refractivity contribution in [2.75, 3.05) is 5.32 Å². The number of fused-ring (bicyclic) bond motifs is 1. The van der Waals surface area contributed by atoms with Gasteiger partial charge in [0, 0.05) is 27.6 Å². The van der Waals surface area contributed by atoms with Gasteiger partial charge in [0.1, 0.15) is 5.82 Å². The van der Waals surface area contributed by atoms with Crippen LogP contribution in [0.15, 0.2) is 53.3 Å². The number of nitrogens with one attached hydrogen (secondary N) is 1. The summed E-state index contributed by atoms with van der Waals surface area (Å²) >= 11 is 3.58. The molecule has 2 aromatic heterocycles. The zero-order chi connectivity index (χ0) is 14.7. The molecule has 0 spiro atoms. The molecule has 1 aromatic carbocycles. The smallest absolute Gasteiger partial charge is 0.134 e. The van der Waals surface area contributed by atoms with Gasteiger partial charge in [-0.15, -0.1) is 0 Å². The molecule has 3 aromatic rings. The molecular weight excluding hydrogens is 326 g/mol. The van der Waals surface area contributed by atoms with E-state index in [1.807, 2.05) is 36.7 Å². The highest BCUT2D eigenvalue weighted by molar-refractivity contribution is 9.10. The summed E-state index contributed by atoms with van der Waals surface area (Å²) in [6, 6.07) is 12.3. The van der Waals surface area contributed by atoms with Crippen LogP contribution in [0.2, 0.25) is 0 Å². The average molecular weight is 342 g/mol. The summed E-state index contributed by atoms with van der Waals surface area (Å²) in [5.41, 5.74) is 2.35. The van der Waals surface area contributed by atoms with Crippen LogP contribution < -0.4 is 5.32 Å². The van der Waals surface area contributed by atoms with Crippen LogP contribution in [0.25, 0.3) is 10.8 Å². The molecule has 0 amide bonds. The Morgan fingerprint density at radius 1 is 1.00 bits per heavy atom. The maximum atomic E-state index is 4.46. The number of pyridine rings is 2. The van der Waals surface area contributed by atoms with E-state index in [2.05, 4.69) is 50.3 Å². The molecule has 0 unspecified atom stereocenters. The molecule has 106 valence electrons. The number of halogens is 1. The lowest BCUT2D eigenvalue weighted by Crippen LogP contribution is -2.06. The number of hydrogen-bond acceptors (Lipinski definition) is 3. The van der Waals surface area contributed by atoms with Crippen LogP contribution in [0.3, 0.4) is 0 Å². The van der Waals surface area contributed by atoms with Gasteiger partial charge in [-0.05, 0) is 30.2 Å². The van der Waals surface area contributed by atoms with Gasteiger partial charge in [-0.1, -0.05) is 41.1 Å². The highest BCUT2D eigenvalue weighted by atomic mass is 79.9. The molecule has 21 heavy (non-hydrogen) atoms. The highest BCUT2D eigenvalue weighted by Gasteiger charge is 2.06. The van der Waals surface area contributed by atoms with Crippen molar-refractivity contribution in [3.8, 4) is 0 Å². The first-order valence-corrected chi connectivity index (χ1v) is 7.78. The average Bonchev–Trinajstić information content (AvgIpc) is 2.53. The Kier molecular flexibility index (Phi) is 4.15. The number of hydrogen-bond donors (Lipinski definition) is 1. The van der Waals surface area contributed by atoms with E-state index in [9.17, 15) is 0 Å². The molecule has 2 heterocycles. The summed E-state index contributed by atoms with van der Waals surface area (Å²) in [6.45, 7) is 2.83. The van der Waals surface area contributed by atoms with E-state index in [1.165, 1.54) is 5.56 Å². The Labute approximate surface area is 132 Å². The fraction of sp³-hybridized carbons (Fsp3) is 0.176. The first-order chi connectivity index (χ1) is 10.3. The maximum absolute atomic E-state index is 4.46. The Morgan fingerprint density at radius 2 is 1.90 bits per heavy atom. The zero-order valence-corrected chi connectivity index (χ0v) is 13.4. The largest absolute Gasteiger partial charge is 0.364 e. The highest BCUT2D eigenvalue weighted by Crippen LogP contribution is 2.27. The summed E-state index contributed by atoms with van der Waals surface area (Å²) in [6.07, 6.45) is 4.65. The number of aryl methyl sites for hydroxylation is 1. The summed E-state index contributed by atoms with van der Waals surface area (Å²) in [5, 5.41) is 5.68. The van der Waals surface area contributed by atoms with Crippen LogP contribution in [0.1, 0.15) is 18.2 Å². The van der Waals surface area contributed by atoms with Gasteiger partial charge < -0.3 is 5.32 Å². The lowest BCUT2D eigenvalue weighted by Gasteiger charge is -2.11. The van der Waals surface area contributed by atoms with Crippen LogP contribution >= 0.6 is 15.9 Å². The normalized spacial score (nSPS) is 10.8. The summed E-state index contributed by atoms with van der Waals surface area (Å²) in [5.74, 6) is 0.890. The molecule has 0 aliphatic rings. The summed E-state index contributed by atoms with van der Waals surface area (Å²) < 4.78 is 1.08. The molecule has 3 nitrogen and oxygen atoms in total. The molecule has 3 rings (SSSR count). The Morgan fingerprint density at radius 3 is 2.76 bits per heavy atom. The molecule has 1 N–H and O–H groups in total. The van der Waals surface area contributed by atoms with Gasteiger partial charge >= 0.3 is 0 Å². The van der Waals surface area contributed by atoms with Gasteiger partial charge in [0.15, 0.2) is 0 Å². The van der Waals surface area contributed by atoms with E-state index in [0.717, 1.165) is 33.2 Å². The molecule has 0 saturated heterocycles. The van der Waals surface area contributed by atoms with Gasteiger partial charge in [-0.2, -0.15) is 0 Å². The maximum Gasteiger partial charge on any atom is 0.134 e. The minimum Gasteiger partial charge on any atom is -0.364 e. The number of benzene rings is 1. The fourth-order valence-electron chi connectivity index (χ4n) is 2.43. The van der Waals surface area contributed by atoms with Crippen molar-refractivity contribution < 1.29 is 0 Å². The minimum atomic E-state index is 0.683. The third kappa shape index (κ3) is 2.90. The molecule has 0 aliphatic heterocycles. The predicted octanol–water partition coefficient (Wildman–Crippen LogP) is 4.57. The van der Waals surface area contributed by atoms with Crippen LogP contribution in [0.4, 0.5) is 5.82 Å². The number of nitrogens with zero attached hydrogens (tertiary/aromatic N) is 2. The van der Waals surface area contributed by atoms with E-state index in [1.54, 1.807) is 0 Å². The SMILES string of the molecule is CCc1cccnc1CNc1nccc2c(Br)cccc12. The van der Waals surface area contributed by atoms with E-state index in [0.29, 0.717) is 6.54 Å². The molecule has 4 heteroatoms. The van der Waals surface area contributed by atoms with Crippen molar-refractivity contribution in [2.45, 2.75) is 19.9 Å². The number of aromatic nitrogens is 2. The Balaban J connectivity index is 1.91. The van der Waals surface area contributed by atoms with Crippen molar-refractivity contribution >= 4 is 32.5 Å². The summed E-state index contributed by atoms with van der Waals surface area (Å²) in [7, 11) is 0. The monoisotopic (exact) mass is 341 g/mol. The second-order valence-corrected chi connectivity index (χ2v) is 5.67.